The van der Waals surface area contributed by atoms with E-state index in [9.17, 15) is 4.79 Å². The molecule has 2 aliphatic heterocycles. The van der Waals surface area contributed by atoms with E-state index in [1.54, 1.807) is 0 Å². The van der Waals surface area contributed by atoms with Gasteiger partial charge in [-0.3, -0.25) is 0 Å². The van der Waals surface area contributed by atoms with Crippen molar-refractivity contribution in [3.8, 4) is 0 Å². The van der Waals surface area contributed by atoms with Crippen molar-refractivity contribution < 1.29 is 9.53 Å². The first-order valence-corrected chi connectivity index (χ1v) is 11.1. The van der Waals surface area contributed by atoms with Gasteiger partial charge in [-0.25, -0.2) is 9.78 Å². The molecule has 3 fully saturated rings. The van der Waals surface area contributed by atoms with Gasteiger partial charge in [0.15, 0.2) is 0 Å². The van der Waals surface area contributed by atoms with Crippen molar-refractivity contribution in [2.24, 2.45) is 5.92 Å². The molecule has 1 saturated carbocycles. The Kier molecular flexibility index (Phi) is 6.68. The van der Waals surface area contributed by atoms with Gasteiger partial charge in [-0.05, 0) is 42.9 Å². The molecule has 0 aromatic carbocycles. The lowest BCUT2D eigenvalue weighted by molar-refractivity contribution is 0.122. The molecule has 2 amide bonds. The minimum Gasteiger partial charge on any atom is -0.378 e. The first kappa shape index (κ1) is 19.5. The molecule has 1 atom stereocenters. The van der Waals surface area contributed by atoms with E-state index in [0.717, 1.165) is 56.6 Å². The molecule has 1 aromatic heterocycles. The van der Waals surface area contributed by atoms with E-state index >= 15 is 0 Å². The number of morpholine rings is 1. The van der Waals surface area contributed by atoms with E-state index in [4.69, 9.17) is 4.74 Å². The van der Waals surface area contributed by atoms with Crippen LogP contribution >= 0.6 is 0 Å². The average Bonchev–Trinajstić information content (AvgIpc) is 3.22. The van der Waals surface area contributed by atoms with E-state index < -0.39 is 0 Å². The Morgan fingerprint density at radius 3 is 2.75 bits per heavy atom. The molecule has 6 nitrogen and oxygen atoms in total. The standard InChI is InChI=1S/C22H34N4O2/c27-22(26-10-4-7-20(26)15-18-5-2-1-3-6-18)24-17-19-8-9-23-21(16-19)25-11-13-28-14-12-25/h8-9,16,18,20H,1-7,10-15,17H2,(H,24,27). The van der Waals surface area contributed by atoms with Crippen LogP contribution in [0, 0.1) is 5.92 Å². The maximum absolute atomic E-state index is 12.8. The third-order valence-corrected chi connectivity index (χ3v) is 6.56. The summed E-state index contributed by atoms with van der Waals surface area (Å²) in [6, 6.07) is 4.62. The number of ether oxygens (including phenoxy) is 1. The predicted molar refractivity (Wildman–Crippen MR) is 110 cm³/mol. The average molecular weight is 387 g/mol. The Morgan fingerprint density at radius 2 is 1.93 bits per heavy atom. The number of amides is 2. The van der Waals surface area contributed by atoms with Crippen LogP contribution in [-0.2, 0) is 11.3 Å². The van der Waals surface area contributed by atoms with Crippen LogP contribution in [0.25, 0.3) is 0 Å². The zero-order valence-corrected chi connectivity index (χ0v) is 16.9. The van der Waals surface area contributed by atoms with E-state index in [1.165, 1.54) is 44.9 Å². The number of pyridine rings is 1. The number of carbonyl (C=O) groups is 1. The van der Waals surface area contributed by atoms with Gasteiger partial charge in [0.1, 0.15) is 5.82 Å². The first-order valence-electron chi connectivity index (χ1n) is 11.1. The number of urea groups is 1. The summed E-state index contributed by atoms with van der Waals surface area (Å²) >= 11 is 0. The molecule has 28 heavy (non-hydrogen) atoms. The highest BCUT2D eigenvalue weighted by atomic mass is 16.5. The third kappa shape index (κ3) is 4.96. The zero-order valence-electron chi connectivity index (χ0n) is 16.9. The Balaban J connectivity index is 1.29. The molecule has 0 radical (unpaired) electrons. The highest BCUT2D eigenvalue weighted by Gasteiger charge is 2.31. The van der Waals surface area contributed by atoms with E-state index in [0.29, 0.717) is 12.6 Å². The molecule has 4 rings (SSSR count). The van der Waals surface area contributed by atoms with Crippen molar-refractivity contribution in [3.05, 3.63) is 23.9 Å². The largest absolute Gasteiger partial charge is 0.378 e. The van der Waals surface area contributed by atoms with Crippen molar-refractivity contribution in [1.82, 2.24) is 15.2 Å². The SMILES string of the molecule is O=C(NCc1ccnc(N2CCOCC2)c1)N1CCCC1CC1CCCCC1. The molecule has 1 unspecified atom stereocenters. The molecule has 3 aliphatic rings. The van der Waals surface area contributed by atoms with Crippen molar-refractivity contribution >= 4 is 11.8 Å². The van der Waals surface area contributed by atoms with Gasteiger partial charge in [-0.2, -0.15) is 0 Å². The van der Waals surface area contributed by atoms with Gasteiger partial charge in [-0.15, -0.1) is 0 Å². The highest BCUT2D eigenvalue weighted by molar-refractivity contribution is 5.74. The van der Waals surface area contributed by atoms with Crippen molar-refractivity contribution in [2.75, 3.05) is 37.7 Å². The number of rotatable bonds is 5. The number of hydrogen-bond donors (Lipinski definition) is 1. The topological polar surface area (TPSA) is 57.7 Å². The van der Waals surface area contributed by atoms with E-state index in [2.05, 4.69) is 26.2 Å². The maximum Gasteiger partial charge on any atom is 0.317 e. The Labute approximate surface area is 168 Å². The number of nitrogens with one attached hydrogen (secondary N) is 1. The Hall–Kier alpha value is -1.82. The molecule has 154 valence electrons. The van der Waals surface area contributed by atoms with Crippen LogP contribution < -0.4 is 10.2 Å². The lowest BCUT2D eigenvalue weighted by Crippen LogP contribution is -2.43. The third-order valence-electron chi connectivity index (χ3n) is 6.56. The number of carbonyl (C=O) groups excluding carboxylic acids is 1. The van der Waals surface area contributed by atoms with Crippen LogP contribution in [0.2, 0.25) is 0 Å². The Morgan fingerprint density at radius 1 is 1.11 bits per heavy atom. The number of likely N-dealkylation sites (tertiary alicyclic amines) is 1. The molecule has 1 N–H and O–H groups in total. The molecule has 2 saturated heterocycles. The molecule has 1 aliphatic carbocycles. The van der Waals surface area contributed by atoms with Gasteiger partial charge in [0.05, 0.1) is 13.2 Å². The minimum atomic E-state index is 0.100. The minimum absolute atomic E-state index is 0.100. The summed E-state index contributed by atoms with van der Waals surface area (Å²) < 4.78 is 5.42. The van der Waals surface area contributed by atoms with Crippen molar-refractivity contribution in [2.45, 2.75) is 64.0 Å². The fourth-order valence-corrected chi connectivity index (χ4v) is 4.97. The van der Waals surface area contributed by atoms with Crippen LogP contribution in [0.15, 0.2) is 18.3 Å². The van der Waals surface area contributed by atoms with Crippen molar-refractivity contribution in [3.63, 3.8) is 0 Å². The Bertz CT molecular complexity index is 641. The maximum atomic E-state index is 12.8. The van der Waals surface area contributed by atoms with Crippen LogP contribution in [0.4, 0.5) is 10.6 Å². The summed E-state index contributed by atoms with van der Waals surface area (Å²) in [5.41, 5.74) is 1.10. The summed E-state index contributed by atoms with van der Waals surface area (Å²) in [6.45, 7) is 4.71. The summed E-state index contributed by atoms with van der Waals surface area (Å²) in [5, 5.41) is 3.15. The van der Waals surface area contributed by atoms with Gasteiger partial charge in [0.25, 0.3) is 0 Å². The van der Waals surface area contributed by atoms with E-state index in [-0.39, 0.29) is 6.03 Å². The summed E-state index contributed by atoms with van der Waals surface area (Å²) in [5.74, 6) is 1.80. The fourth-order valence-electron chi connectivity index (χ4n) is 4.97. The number of hydrogen-bond acceptors (Lipinski definition) is 4. The summed E-state index contributed by atoms with van der Waals surface area (Å²) in [7, 11) is 0. The van der Waals surface area contributed by atoms with Gasteiger partial charge in [-0.1, -0.05) is 32.1 Å². The van der Waals surface area contributed by atoms with Crippen molar-refractivity contribution in [1.29, 1.82) is 0 Å². The molecular weight excluding hydrogens is 352 g/mol. The summed E-state index contributed by atoms with van der Waals surface area (Å²) in [4.78, 5) is 21.7. The highest BCUT2D eigenvalue weighted by Crippen LogP contribution is 2.32. The molecule has 3 heterocycles. The first-order chi connectivity index (χ1) is 13.8. The number of aromatic nitrogens is 1. The number of nitrogens with zero attached hydrogens (tertiary/aromatic N) is 3. The molecule has 6 heteroatoms. The second kappa shape index (κ2) is 9.59. The van der Waals surface area contributed by atoms with Gasteiger partial charge in [0.2, 0.25) is 0 Å². The second-order valence-corrected chi connectivity index (χ2v) is 8.51. The van der Waals surface area contributed by atoms with Crippen LogP contribution in [0.1, 0.15) is 56.9 Å². The number of anilines is 1. The summed E-state index contributed by atoms with van der Waals surface area (Å²) in [6.07, 6.45) is 12.2. The molecular formula is C22H34N4O2. The van der Waals surface area contributed by atoms with Gasteiger partial charge < -0.3 is 19.9 Å². The van der Waals surface area contributed by atoms with Crippen LogP contribution in [0.3, 0.4) is 0 Å². The zero-order chi connectivity index (χ0) is 19.2. The predicted octanol–water partition coefficient (Wildman–Crippen LogP) is 3.56. The van der Waals surface area contributed by atoms with E-state index in [1.807, 2.05) is 12.3 Å². The normalized spacial score (nSPS) is 23.8. The lowest BCUT2D eigenvalue weighted by Gasteiger charge is -2.30. The molecule has 0 bridgehead atoms. The smallest absolute Gasteiger partial charge is 0.317 e. The molecule has 1 aromatic rings. The van der Waals surface area contributed by atoms with Gasteiger partial charge >= 0.3 is 6.03 Å². The van der Waals surface area contributed by atoms with Crippen LogP contribution in [-0.4, -0.2) is 54.8 Å². The van der Waals surface area contributed by atoms with Crippen LogP contribution in [0.5, 0.6) is 0 Å². The second-order valence-electron chi connectivity index (χ2n) is 8.51. The van der Waals surface area contributed by atoms with Gasteiger partial charge in [0, 0.05) is 38.4 Å². The lowest BCUT2D eigenvalue weighted by atomic mass is 9.84. The monoisotopic (exact) mass is 386 g/mol. The fraction of sp³-hybridized carbons (Fsp3) is 0.727. The molecule has 0 spiro atoms. The quantitative estimate of drug-likeness (QED) is 0.841.